The van der Waals surface area contributed by atoms with Crippen molar-refractivity contribution in [1.82, 2.24) is 4.98 Å². The number of aromatic amines is 1. The van der Waals surface area contributed by atoms with Crippen molar-refractivity contribution < 1.29 is 4.79 Å². The first kappa shape index (κ1) is 10.5. The Morgan fingerprint density at radius 1 is 1.44 bits per heavy atom. The van der Waals surface area contributed by atoms with Crippen molar-refractivity contribution >= 4 is 16.7 Å². The fourth-order valence-electron chi connectivity index (χ4n) is 1.73. The third-order valence-corrected chi connectivity index (χ3v) is 2.52. The number of hydrogen-bond donors (Lipinski definition) is 2. The quantitative estimate of drug-likeness (QED) is 0.609. The molecule has 2 rings (SSSR count). The summed E-state index contributed by atoms with van der Waals surface area (Å²) in [4.78, 5) is 15.1. The van der Waals surface area contributed by atoms with Crippen molar-refractivity contribution in [2.45, 2.75) is 13.3 Å². The smallest absolute Gasteiger partial charge is 0.210 e. The van der Waals surface area contributed by atoms with Gasteiger partial charge in [-0.25, -0.2) is 0 Å². The molecule has 0 saturated heterocycles. The maximum absolute atomic E-state index is 12.0. The zero-order valence-electron chi connectivity index (χ0n) is 9.16. The van der Waals surface area contributed by atoms with Gasteiger partial charge in [0.05, 0.1) is 5.70 Å². The molecule has 16 heavy (non-hydrogen) atoms. The third-order valence-electron chi connectivity index (χ3n) is 2.52. The average molecular weight is 214 g/mol. The van der Waals surface area contributed by atoms with E-state index in [1.807, 2.05) is 31.2 Å². The molecule has 1 heterocycles. The van der Waals surface area contributed by atoms with Gasteiger partial charge in [-0.3, -0.25) is 4.79 Å². The summed E-state index contributed by atoms with van der Waals surface area (Å²) in [6, 6.07) is 7.69. The number of carbonyl (C=O) groups excluding carboxylic acids is 1. The van der Waals surface area contributed by atoms with Crippen molar-refractivity contribution in [3.05, 3.63) is 47.8 Å². The van der Waals surface area contributed by atoms with Crippen LogP contribution in [0, 0.1) is 0 Å². The van der Waals surface area contributed by atoms with Gasteiger partial charge in [-0.2, -0.15) is 0 Å². The summed E-state index contributed by atoms with van der Waals surface area (Å²) in [6.45, 7) is 1.95. The van der Waals surface area contributed by atoms with E-state index >= 15 is 0 Å². The van der Waals surface area contributed by atoms with E-state index in [2.05, 4.69) is 4.98 Å². The van der Waals surface area contributed by atoms with Crippen LogP contribution in [-0.2, 0) is 0 Å². The Morgan fingerprint density at radius 2 is 2.19 bits per heavy atom. The molecule has 0 aliphatic carbocycles. The number of fused-ring (bicyclic) bond motifs is 1. The van der Waals surface area contributed by atoms with E-state index in [0.717, 1.165) is 17.3 Å². The highest BCUT2D eigenvalue weighted by Gasteiger charge is 2.13. The molecule has 0 aliphatic rings. The lowest BCUT2D eigenvalue weighted by atomic mass is 10.1. The van der Waals surface area contributed by atoms with Gasteiger partial charge in [0, 0.05) is 22.7 Å². The molecule has 0 unspecified atom stereocenters. The zero-order valence-corrected chi connectivity index (χ0v) is 9.16. The van der Waals surface area contributed by atoms with E-state index in [1.54, 1.807) is 12.3 Å². The van der Waals surface area contributed by atoms with Gasteiger partial charge in [0.25, 0.3) is 0 Å². The normalized spacial score (nSPS) is 11.9. The van der Waals surface area contributed by atoms with Gasteiger partial charge >= 0.3 is 0 Å². The van der Waals surface area contributed by atoms with E-state index in [4.69, 9.17) is 5.73 Å². The van der Waals surface area contributed by atoms with E-state index in [9.17, 15) is 4.79 Å². The molecule has 0 spiro atoms. The molecule has 0 atom stereocenters. The first-order valence-electron chi connectivity index (χ1n) is 5.30. The van der Waals surface area contributed by atoms with Gasteiger partial charge < -0.3 is 10.7 Å². The third kappa shape index (κ3) is 1.72. The number of allylic oxidation sites excluding steroid dienone is 2. The van der Waals surface area contributed by atoms with Crippen molar-refractivity contribution in [1.29, 1.82) is 0 Å². The average Bonchev–Trinajstić information content (AvgIpc) is 2.72. The highest BCUT2D eigenvalue weighted by atomic mass is 16.1. The molecule has 3 N–H and O–H groups in total. The Hall–Kier alpha value is -2.03. The molecular weight excluding hydrogens is 200 g/mol. The maximum Gasteiger partial charge on any atom is 0.210 e. The van der Waals surface area contributed by atoms with Crippen LogP contribution in [0.1, 0.15) is 23.7 Å². The predicted molar refractivity (Wildman–Crippen MR) is 65.2 cm³/mol. The van der Waals surface area contributed by atoms with E-state index in [1.165, 1.54) is 0 Å². The van der Waals surface area contributed by atoms with Gasteiger partial charge in [0.2, 0.25) is 5.78 Å². The van der Waals surface area contributed by atoms with Crippen LogP contribution in [-0.4, -0.2) is 10.8 Å². The molecule has 0 amide bonds. The van der Waals surface area contributed by atoms with Crippen molar-refractivity contribution in [2.24, 2.45) is 5.73 Å². The lowest BCUT2D eigenvalue weighted by molar-refractivity contribution is 0.103. The molecule has 2 aromatic rings. The van der Waals surface area contributed by atoms with Crippen LogP contribution >= 0.6 is 0 Å². The molecule has 1 aromatic heterocycles. The highest BCUT2D eigenvalue weighted by molar-refractivity contribution is 6.15. The van der Waals surface area contributed by atoms with Crippen LogP contribution < -0.4 is 5.73 Å². The number of benzene rings is 1. The Kier molecular flexibility index (Phi) is 2.77. The van der Waals surface area contributed by atoms with Crippen molar-refractivity contribution in [3.8, 4) is 0 Å². The molecule has 3 nitrogen and oxygen atoms in total. The Morgan fingerprint density at radius 3 is 2.94 bits per heavy atom. The van der Waals surface area contributed by atoms with E-state index < -0.39 is 0 Å². The molecule has 82 valence electrons. The fraction of sp³-hybridized carbons (Fsp3) is 0.154. The number of aromatic nitrogens is 1. The number of Topliss-reactive ketones (excluding diaryl/α,β-unsaturated/α-hetero) is 1. The first-order valence-corrected chi connectivity index (χ1v) is 5.30. The van der Waals surface area contributed by atoms with E-state index in [-0.39, 0.29) is 5.78 Å². The molecule has 0 aliphatic heterocycles. The lowest BCUT2D eigenvalue weighted by Crippen LogP contribution is -2.10. The van der Waals surface area contributed by atoms with Crippen LogP contribution in [0.4, 0.5) is 0 Å². The van der Waals surface area contributed by atoms with Crippen LogP contribution in [0.25, 0.3) is 10.9 Å². The van der Waals surface area contributed by atoms with Crippen LogP contribution in [0.15, 0.2) is 42.2 Å². The van der Waals surface area contributed by atoms with Crippen LogP contribution in [0.5, 0.6) is 0 Å². The lowest BCUT2D eigenvalue weighted by Gasteiger charge is -1.98. The summed E-state index contributed by atoms with van der Waals surface area (Å²) < 4.78 is 0. The summed E-state index contributed by atoms with van der Waals surface area (Å²) in [7, 11) is 0. The Labute approximate surface area is 94.0 Å². The molecule has 3 heteroatoms. The maximum atomic E-state index is 12.0. The SMILES string of the molecule is CC/C=C(\N)C(=O)c1c[nH]c2ccccc12. The molecule has 1 aromatic carbocycles. The topological polar surface area (TPSA) is 58.9 Å². The zero-order chi connectivity index (χ0) is 11.5. The molecule has 0 bridgehead atoms. The summed E-state index contributed by atoms with van der Waals surface area (Å²) in [6.07, 6.45) is 4.22. The minimum absolute atomic E-state index is 0.112. The number of nitrogens with two attached hydrogens (primary N) is 1. The summed E-state index contributed by atoms with van der Waals surface area (Å²) in [5, 5.41) is 0.917. The van der Waals surface area contributed by atoms with Crippen LogP contribution in [0.3, 0.4) is 0 Å². The molecule has 0 fully saturated rings. The minimum atomic E-state index is -0.112. The molecular formula is C13H14N2O. The number of hydrogen-bond acceptors (Lipinski definition) is 2. The minimum Gasteiger partial charge on any atom is -0.396 e. The monoisotopic (exact) mass is 214 g/mol. The van der Waals surface area contributed by atoms with Crippen molar-refractivity contribution in [2.75, 3.05) is 0 Å². The van der Waals surface area contributed by atoms with Gasteiger partial charge in [-0.1, -0.05) is 31.2 Å². The largest absolute Gasteiger partial charge is 0.396 e. The van der Waals surface area contributed by atoms with Crippen molar-refractivity contribution in [3.63, 3.8) is 0 Å². The van der Waals surface area contributed by atoms with Crippen LogP contribution in [0.2, 0.25) is 0 Å². The predicted octanol–water partition coefficient (Wildman–Crippen LogP) is 2.60. The second-order valence-electron chi connectivity index (χ2n) is 3.64. The number of carbonyl (C=O) groups is 1. The Bertz CT molecular complexity index is 552. The summed E-state index contributed by atoms with van der Waals surface area (Å²) in [5.41, 5.74) is 7.61. The number of H-pyrrole nitrogens is 1. The standard InChI is InChI=1S/C13H14N2O/c1-2-5-11(14)13(16)10-8-15-12-7-4-3-6-9(10)12/h3-8,15H,2,14H2,1H3/b11-5-. The summed E-state index contributed by atoms with van der Waals surface area (Å²) in [5.74, 6) is -0.112. The summed E-state index contributed by atoms with van der Waals surface area (Å²) >= 11 is 0. The van der Waals surface area contributed by atoms with Gasteiger partial charge in [0.15, 0.2) is 0 Å². The number of ketones is 1. The molecule has 0 radical (unpaired) electrons. The van der Waals surface area contributed by atoms with Gasteiger partial charge in [-0.05, 0) is 12.5 Å². The first-order chi connectivity index (χ1) is 7.74. The second-order valence-corrected chi connectivity index (χ2v) is 3.64. The fourth-order valence-corrected chi connectivity index (χ4v) is 1.73. The molecule has 0 saturated carbocycles. The van der Waals surface area contributed by atoms with Gasteiger partial charge in [0.1, 0.15) is 0 Å². The second kappa shape index (κ2) is 4.23. The Balaban J connectivity index is 2.48. The highest BCUT2D eigenvalue weighted by Crippen LogP contribution is 2.19. The van der Waals surface area contributed by atoms with Gasteiger partial charge in [-0.15, -0.1) is 0 Å². The van der Waals surface area contributed by atoms with E-state index in [0.29, 0.717) is 11.3 Å². The number of rotatable bonds is 3. The number of para-hydroxylation sites is 1. The number of nitrogens with one attached hydrogen (secondary N) is 1.